The van der Waals surface area contributed by atoms with Crippen molar-refractivity contribution in [1.82, 2.24) is 5.32 Å². The molecule has 3 atom stereocenters. The van der Waals surface area contributed by atoms with E-state index in [0.717, 1.165) is 24.5 Å². The predicted octanol–water partition coefficient (Wildman–Crippen LogP) is 3.56. The number of nitrogens with one attached hydrogen (secondary N) is 1. The maximum absolute atomic E-state index is 6.20. The zero-order valence-corrected chi connectivity index (χ0v) is 11.2. The molecule has 0 bridgehead atoms. The highest BCUT2D eigenvalue weighted by Crippen LogP contribution is 2.24. The SMILES string of the molecule is CC1CC(NC(C)c2ccccc2Cl)CCO1. The number of hydrogen-bond donors (Lipinski definition) is 1. The smallest absolute Gasteiger partial charge is 0.0561 e. The van der Waals surface area contributed by atoms with Gasteiger partial charge in [-0.15, -0.1) is 0 Å². The zero-order valence-electron chi connectivity index (χ0n) is 10.4. The molecule has 0 radical (unpaired) electrons. The molecule has 3 unspecified atom stereocenters. The highest BCUT2D eigenvalue weighted by molar-refractivity contribution is 6.31. The second-order valence-corrected chi connectivity index (χ2v) is 5.22. The average molecular weight is 254 g/mol. The fraction of sp³-hybridized carbons (Fsp3) is 0.571. The summed E-state index contributed by atoms with van der Waals surface area (Å²) in [6.45, 7) is 5.16. The third-order valence-corrected chi connectivity index (χ3v) is 3.69. The van der Waals surface area contributed by atoms with Gasteiger partial charge in [0.1, 0.15) is 0 Å². The van der Waals surface area contributed by atoms with Crippen molar-refractivity contribution < 1.29 is 4.74 Å². The van der Waals surface area contributed by atoms with Crippen molar-refractivity contribution in [2.75, 3.05) is 6.61 Å². The van der Waals surface area contributed by atoms with Crippen LogP contribution < -0.4 is 5.32 Å². The summed E-state index contributed by atoms with van der Waals surface area (Å²) >= 11 is 6.20. The summed E-state index contributed by atoms with van der Waals surface area (Å²) in [6.07, 6.45) is 2.52. The minimum atomic E-state index is 0.291. The van der Waals surface area contributed by atoms with Gasteiger partial charge in [0.15, 0.2) is 0 Å². The predicted molar refractivity (Wildman–Crippen MR) is 71.4 cm³/mol. The Morgan fingerprint density at radius 1 is 1.41 bits per heavy atom. The summed E-state index contributed by atoms with van der Waals surface area (Å²) in [6, 6.07) is 8.86. The Morgan fingerprint density at radius 3 is 2.88 bits per heavy atom. The van der Waals surface area contributed by atoms with Gasteiger partial charge >= 0.3 is 0 Å². The highest BCUT2D eigenvalue weighted by Gasteiger charge is 2.21. The lowest BCUT2D eigenvalue weighted by Crippen LogP contribution is -2.39. The topological polar surface area (TPSA) is 21.3 Å². The molecule has 3 heteroatoms. The molecule has 0 spiro atoms. The van der Waals surface area contributed by atoms with Crippen LogP contribution in [0.4, 0.5) is 0 Å². The highest BCUT2D eigenvalue weighted by atomic mass is 35.5. The van der Waals surface area contributed by atoms with E-state index in [-0.39, 0.29) is 0 Å². The molecule has 1 aliphatic rings. The lowest BCUT2D eigenvalue weighted by Gasteiger charge is -2.30. The lowest BCUT2D eigenvalue weighted by atomic mass is 10.0. The molecule has 1 aliphatic heterocycles. The number of hydrogen-bond acceptors (Lipinski definition) is 2. The maximum atomic E-state index is 6.20. The van der Waals surface area contributed by atoms with E-state index >= 15 is 0 Å². The van der Waals surface area contributed by atoms with E-state index in [1.807, 2.05) is 18.2 Å². The Kier molecular flexibility index (Phi) is 4.43. The van der Waals surface area contributed by atoms with Gasteiger partial charge < -0.3 is 10.1 Å². The van der Waals surface area contributed by atoms with Crippen molar-refractivity contribution in [3.05, 3.63) is 34.9 Å². The van der Waals surface area contributed by atoms with Crippen LogP contribution in [0.5, 0.6) is 0 Å². The van der Waals surface area contributed by atoms with Gasteiger partial charge in [-0.25, -0.2) is 0 Å². The molecule has 0 aliphatic carbocycles. The number of rotatable bonds is 3. The third-order valence-electron chi connectivity index (χ3n) is 3.34. The second-order valence-electron chi connectivity index (χ2n) is 4.81. The Morgan fingerprint density at radius 2 is 2.18 bits per heavy atom. The van der Waals surface area contributed by atoms with Gasteiger partial charge in [0.2, 0.25) is 0 Å². The summed E-state index contributed by atoms with van der Waals surface area (Å²) in [5, 5.41) is 4.48. The Balaban J connectivity index is 1.97. The fourth-order valence-corrected chi connectivity index (χ4v) is 2.72. The van der Waals surface area contributed by atoms with Crippen LogP contribution in [0.3, 0.4) is 0 Å². The van der Waals surface area contributed by atoms with E-state index < -0.39 is 0 Å². The van der Waals surface area contributed by atoms with Crippen LogP contribution in [0, 0.1) is 0 Å². The first-order valence-electron chi connectivity index (χ1n) is 6.29. The molecule has 1 N–H and O–H groups in total. The number of ether oxygens (including phenoxy) is 1. The van der Waals surface area contributed by atoms with E-state index in [0.29, 0.717) is 18.2 Å². The van der Waals surface area contributed by atoms with Crippen LogP contribution in [-0.4, -0.2) is 18.8 Å². The first-order chi connectivity index (χ1) is 8.16. The molecule has 1 heterocycles. The first kappa shape index (κ1) is 12.9. The maximum Gasteiger partial charge on any atom is 0.0561 e. The summed E-state index contributed by atoms with van der Waals surface area (Å²) < 4.78 is 5.55. The number of halogens is 1. The van der Waals surface area contributed by atoms with Gasteiger partial charge in [0.05, 0.1) is 6.10 Å². The van der Waals surface area contributed by atoms with Crippen LogP contribution >= 0.6 is 11.6 Å². The lowest BCUT2D eigenvalue weighted by molar-refractivity contribution is 0.0116. The monoisotopic (exact) mass is 253 g/mol. The Hall–Kier alpha value is -0.570. The molecule has 0 amide bonds. The molecule has 1 fully saturated rings. The van der Waals surface area contributed by atoms with E-state index in [2.05, 4.69) is 25.2 Å². The van der Waals surface area contributed by atoms with E-state index in [1.165, 1.54) is 5.56 Å². The quantitative estimate of drug-likeness (QED) is 0.890. The minimum absolute atomic E-state index is 0.291. The Labute approximate surface area is 108 Å². The van der Waals surface area contributed by atoms with Gasteiger partial charge in [-0.2, -0.15) is 0 Å². The number of benzene rings is 1. The van der Waals surface area contributed by atoms with Crippen LogP contribution in [0.2, 0.25) is 5.02 Å². The van der Waals surface area contributed by atoms with Gasteiger partial charge in [-0.3, -0.25) is 0 Å². The second kappa shape index (κ2) is 5.85. The van der Waals surface area contributed by atoms with Crippen molar-refractivity contribution in [2.24, 2.45) is 0 Å². The van der Waals surface area contributed by atoms with Crippen molar-refractivity contribution in [3.8, 4) is 0 Å². The van der Waals surface area contributed by atoms with E-state index in [9.17, 15) is 0 Å². The van der Waals surface area contributed by atoms with Crippen molar-refractivity contribution in [2.45, 2.75) is 44.9 Å². The molecular formula is C14H20ClNO. The molecule has 0 saturated carbocycles. The van der Waals surface area contributed by atoms with Gasteiger partial charge in [0.25, 0.3) is 0 Å². The molecule has 1 aromatic carbocycles. The fourth-order valence-electron chi connectivity index (χ4n) is 2.42. The molecule has 94 valence electrons. The summed E-state index contributed by atoms with van der Waals surface area (Å²) in [5.74, 6) is 0. The van der Waals surface area contributed by atoms with Gasteiger partial charge in [0, 0.05) is 23.7 Å². The molecular weight excluding hydrogens is 234 g/mol. The summed E-state index contributed by atoms with van der Waals surface area (Å²) in [5.41, 5.74) is 1.17. The Bertz CT molecular complexity index is 369. The molecule has 2 rings (SSSR count). The zero-order chi connectivity index (χ0) is 12.3. The molecule has 1 aromatic rings. The standard InChI is InChI=1S/C14H20ClNO/c1-10-9-12(7-8-17-10)16-11(2)13-5-3-4-6-14(13)15/h3-6,10-12,16H,7-9H2,1-2H3. The molecule has 1 saturated heterocycles. The van der Waals surface area contributed by atoms with Gasteiger partial charge in [-0.1, -0.05) is 29.8 Å². The summed E-state index contributed by atoms with van der Waals surface area (Å²) in [7, 11) is 0. The molecule has 17 heavy (non-hydrogen) atoms. The minimum Gasteiger partial charge on any atom is -0.378 e. The third kappa shape index (κ3) is 3.44. The normalized spacial score (nSPS) is 26.8. The average Bonchev–Trinajstić information content (AvgIpc) is 2.29. The van der Waals surface area contributed by atoms with Crippen LogP contribution in [0.15, 0.2) is 24.3 Å². The summed E-state index contributed by atoms with van der Waals surface area (Å²) in [4.78, 5) is 0. The van der Waals surface area contributed by atoms with E-state index in [1.54, 1.807) is 0 Å². The molecule has 0 aromatic heterocycles. The van der Waals surface area contributed by atoms with Crippen molar-refractivity contribution in [3.63, 3.8) is 0 Å². The van der Waals surface area contributed by atoms with Crippen molar-refractivity contribution >= 4 is 11.6 Å². The van der Waals surface area contributed by atoms with Gasteiger partial charge in [-0.05, 0) is 38.3 Å². The molecule has 2 nitrogen and oxygen atoms in total. The van der Waals surface area contributed by atoms with Crippen LogP contribution in [-0.2, 0) is 4.74 Å². The van der Waals surface area contributed by atoms with Crippen molar-refractivity contribution in [1.29, 1.82) is 0 Å². The van der Waals surface area contributed by atoms with E-state index in [4.69, 9.17) is 16.3 Å². The first-order valence-corrected chi connectivity index (χ1v) is 6.66. The largest absolute Gasteiger partial charge is 0.378 e. The van der Waals surface area contributed by atoms with Crippen LogP contribution in [0.25, 0.3) is 0 Å². The van der Waals surface area contributed by atoms with Crippen LogP contribution in [0.1, 0.15) is 38.3 Å².